The van der Waals surface area contributed by atoms with Gasteiger partial charge in [-0.1, -0.05) is 54.1 Å². The molecule has 2 aromatic carbocycles. The highest BCUT2D eigenvalue weighted by molar-refractivity contribution is 6.27. The Hall–Kier alpha value is -3.65. The predicted molar refractivity (Wildman–Crippen MR) is 101 cm³/mol. The minimum absolute atomic E-state index is 0.197. The molecule has 5 nitrogen and oxygen atoms in total. The molecule has 0 aromatic heterocycles. The fraction of sp³-hybridized carbons (Fsp3) is 0.136. The number of nitrogens with zero attached hydrogens (tertiary/aromatic N) is 2. The number of likely N-dealkylation sites (N-methyl/N-ethyl adjacent to an activating group) is 1. The smallest absolute Gasteiger partial charge is 0.210 e. The van der Waals surface area contributed by atoms with Crippen LogP contribution in [0.5, 0.6) is 0 Å². The van der Waals surface area contributed by atoms with Crippen LogP contribution < -0.4 is 5.73 Å². The standard InChI is InChI=1S/C22H17N3O2/c1-12-7-9-13(10-8-12)17-16(11-23)22(24)25(2)19-18(17)20(26)14-5-3-4-6-15(14)21(19)27/h3-10,17H,24H2,1-2H3. The van der Waals surface area contributed by atoms with Crippen molar-refractivity contribution in [2.75, 3.05) is 7.05 Å². The van der Waals surface area contributed by atoms with Gasteiger partial charge < -0.3 is 10.6 Å². The molecule has 1 aliphatic heterocycles. The summed E-state index contributed by atoms with van der Waals surface area (Å²) in [5.74, 6) is -0.952. The van der Waals surface area contributed by atoms with Crippen molar-refractivity contribution >= 4 is 11.6 Å². The Morgan fingerprint density at radius 2 is 1.59 bits per heavy atom. The summed E-state index contributed by atoms with van der Waals surface area (Å²) in [6.45, 7) is 1.96. The van der Waals surface area contributed by atoms with Crippen LogP contribution in [0.4, 0.5) is 0 Å². The van der Waals surface area contributed by atoms with Crippen molar-refractivity contribution in [3.05, 3.63) is 93.4 Å². The molecule has 1 heterocycles. The second kappa shape index (κ2) is 5.96. The lowest BCUT2D eigenvalue weighted by molar-refractivity contribution is 0.0945. The molecular weight excluding hydrogens is 338 g/mol. The van der Waals surface area contributed by atoms with E-state index < -0.39 is 5.92 Å². The number of carbonyl (C=O) groups excluding carboxylic acids is 2. The van der Waals surface area contributed by atoms with E-state index in [-0.39, 0.29) is 28.7 Å². The fourth-order valence-electron chi connectivity index (χ4n) is 3.79. The molecule has 0 amide bonds. The number of benzene rings is 2. The Morgan fingerprint density at radius 1 is 1.00 bits per heavy atom. The molecule has 132 valence electrons. The highest BCUT2D eigenvalue weighted by Crippen LogP contribution is 2.44. The summed E-state index contributed by atoms with van der Waals surface area (Å²) in [6.07, 6.45) is 0. The number of allylic oxidation sites excluding steroid dienone is 3. The monoisotopic (exact) mass is 355 g/mol. The van der Waals surface area contributed by atoms with E-state index in [1.165, 1.54) is 4.90 Å². The summed E-state index contributed by atoms with van der Waals surface area (Å²) >= 11 is 0. The Bertz CT molecular complexity index is 1100. The highest BCUT2D eigenvalue weighted by atomic mass is 16.1. The van der Waals surface area contributed by atoms with Gasteiger partial charge in [0.1, 0.15) is 5.82 Å². The summed E-state index contributed by atoms with van der Waals surface area (Å²) < 4.78 is 0. The predicted octanol–water partition coefficient (Wildman–Crippen LogP) is 3.05. The van der Waals surface area contributed by atoms with Gasteiger partial charge in [0.15, 0.2) is 5.78 Å². The van der Waals surface area contributed by atoms with Crippen molar-refractivity contribution in [1.29, 1.82) is 5.26 Å². The van der Waals surface area contributed by atoms with Crippen molar-refractivity contribution < 1.29 is 9.59 Å². The molecule has 0 saturated heterocycles. The van der Waals surface area contributed by atoms with Crippen molar-refractivity contribution in [2.24, 2.45) is 5.73 Å². The second-order valence-electron chi connectivity index (χ2n) is 6.78. The van der Waals surface area contributed by atoms with Gasteiger partial charge in [-0.2, -0.15) is 5.26 Å². The summed E-state index contributed by atoms with van der Waals surface area (Å²) in [7, 11) is 1.62. The van der Waals surface area contributed by atoms with E-state index in [0.717, 1.165) is 11.1 Å². The molecule has 1 atom stereocenters. The zero-order valence-corrected chi connectivity index (χ0v) is 15.0. The van der Waals surface area contributed by atoms with E-state index in [1.807, 2.05) is 31.2 Å². The van der Waals surface area contributed by atoms with Gasteiger partial charge in [-0.25, -0.2) is 0 Å². The van der Waals surface area contributed by atoms with Gasteiger partial charge in [0.25, 0.3) is 0 Å². The average Bonchev–Trinajstić information content (AvgIpc) is 2.68. The Kier molecular flexibility index (Phi) is 3.71. The third-order valence-electron chi connectivity index (χ3n) is 5.21. The van der Waals surface area contributed by atoms with Gasteiger partial charge in [-0.15, -0.1) is 0 Å². The lowest BCUT2D eigenvalue weighted by atomic mass is 9.73. The number of hydrogen-bond donors (Lipinski definition) is 1. The van der Waals surface area contributed by atoms with Gasteiger partial charge in [0.05, 0.1) is 23.3 Å². The normalized spacial score (nSPS) is 19.0. The summed E-state index contributed by atoms with van der Waals surface area (Å²) in [6, 6.07) is 16.5. The molecule has 1 unspecified atom stereocenters. The number of nitrogens with two attached hydrogens (primary N) is 1. The first-order valence-electron chi connectivity index (χ1n) is 8.58. The SMILES string of the molecule is Cc1ccc(C2C(C#N)=C(N)N(C)C3=C2C(=O)c2ccccc2C3=O)cc1. The number of rotatable bonds is 1. The van der Waals surface area contributed by atoms with Crippen molar-refractivity contribution in [1.82, 2.24) is 4.90 Å². The molecule has 4 rings (SSSR count). The van der Waals surface area contributed by atoms with Crippen molar-refractivity contribution in [3.63, 3.8) is 0 Å². The van der Waals surface area contributed by atoms with Crippen LogP contribution in [0, 0.1) is 18.3 Å². The molecule has 2 aromatic rings. The van der Waals surface area contributed by atoms with Crippen LogP contribution >= 0.6 is 0 Å². The molecular formula is C22H17N3O2. The van der Waals surface area contributed by atoms with Gasteiger partial charge >= 0.3 is 0 Å². The summed E-state index contributed by atoms with van der Waals surface area (Å²) in [5.41, 5.74) is 9.61. The summed E-state index contributed by atoms with van der Waals surface area (Å²) in [4.78, 5) is 28.0. The third-order valence-corrected chi connectivity index (χ3v) is 5.21. The lowest BCUT2D eigenvalue weighted by Gasteiger charge is -2.37. The van der Waals surface area contributed by atoms with E-state index in [9.17, 15) is 14.9 Å². The quantitative estimate of drug-likeness (QED) is 0.849. The molecule has 2 N–H and O–H groups in total. The molecule has 0 spiro atoms. The average molecular weight is 355 g/mol. The maximum atomic E-state index is 13.4. The van der Waals surface area contributed by atoms with Gasteiger partial charge in [0.2, 0.25) is 5.78 Å². The van der Waals surface area contributed by atoms with Crippen LogP contribution in [-0.2, 0) is 0 Å². The number of aryl methyl sites for hydroxylation is 1. The van der Waals surface area contributed by atoms with Crippen molar-refractivity contribution in [2.45, 2.75) is 12.8 Å². The number of carbonyl (C=O) groups is 2. The van der Waals surface area contributed by atoms with Crippen molar-refractivity contribution in [3.8, 4) is 6.07 Å². The Morgan fingerprint density at radius 3 is 2.19 bits per heavy atom. The zero-order valence-electron chi connectivity index (χ0n) is 15.0. The Labute approximate surface area is 157 Å². The molecule has 5 heteroatoms. The number of fused-ring (bicyclic) bond motifs is 1. The van der Waals surface area contributed by atoms with Crippen LogP contribution in [0.1, 0.15) is 37.8 Å². The first kappa shape index (κ1) is 16.8. The number of hydrogen-bond acceptors (Lipinski definition) is 5. The second-order valence-corrected chi connectivity index (χ2v) is 6.78. The highest BCUT2D eigenvalue weighted by Gasteiger charge is 2.43. The molecule has 0 fully saturated rings. The topological polar surface area (TPSA) is 87.2 Å². The number of nitriles is 1. The third kappa shape index (κ3) is 2.31. The van der Waals surface area contributed by atoms with E-state index in [1.54, 1.807) is 31.3 Å². The molecule has 0 radical (unpaired) electrons. The van der Waals surface area contributed by atoms with E-state index in [0.29, 0.717) is 16.7 Å². The van der Waals surface area contributed by atoms with E-state index in [2.05, 4.69) is 6.07 Å². The van der Waals surface area contributed by atoms with Crippen LogP contribution in [0.25, 0.3) is 0 Å². The van der Waals surface area contributed by atoms with Crippen LogP contribution in [0.15, 0.2) is 71.2 Å². The zero-order chi connectivity index (χ0) is 19.3. The fourth-order valence-corrected chi connectivity index (χ4v) is 3.79. The van der Waals surface area contributed by atoms with Crippen LogP contribution in [0.2, 0.25) is 0 Å². The first-order chi connectivity index (χ1) is 13.0. The lowest BCUT2D eigenvalue weighted by Crippen LogP contribution is -2.40. The minimum atomic E-state index is -0.661. The largest absolute Gasteiger partial charge is 0.384 e. The number of ketones is 2. The van der Waals surface area contributed by atoms with Gasteiger partial charge in [-0.3, -0.25) is 9.59 Å². The molecule has 1 aliphatic carbocycles. The first-order valence-corrected chi connectivity index (χ1v) is 8.58. The maximum absolute atomic E-state index is 13.4. The van der Waals surface area contributed by atoms with E-state index >= 15 is 0 Å². The Balaban J connectivity index is 2.02. The molecule has 27 heavy (non-hydrogen) atoms. The molecule has 0 saturated carbocycles. The van der Waals surface area contributed by atoms with E-state index in [4.69, 9.17) is 5.73 Å². The van der Waals surface area contributed by atoms with Gasteiger partial charge in [0, 0.05) is 23.7 Å². The summed E-state index contributed by atoms with van der Waals surface area (Å²) in [5, 5.41) is 9.77. The minimum Gasteiger partial charge on any atom is -0.384 e. The van der Waals surface area contributed by atoms with Crippen LogP contribution in [0.3, 0.4) is 0 Å². The van der Waals surface area contributed by atoms with Gasteiger partial charge in [-0.05, 0) is 12.5 Å². The molecule has 2 aliphatic rings. The molecule has 0 bridgehead atoms. The maximum Gasteiger partial charge on any atom is 0.210 e. The number of Topliss-reactive ketones (excluding diaryl/α,β-unsaturated/α-hetero) is 2. The van der Waals surface area contributed by atoms with Crippen LogP contribution in [-0.4, -0.2) is 23.5 Å².